The van der Waals surface area contributed by atoms with Gasteiger partial charge in [-0.3, -0.25) is 9.89 Å². The Morgan fingerprint density at radius 2 is 2.14 bits per heavy atom. The molecule has 1 heterocycles. The van der Waals surface area contributed by atoms with Gasteiger partial charge < -0.3 is 10.6 Å². The molecule has 0 bridgehead atoms. The monoisotopic (exact) mass is 420 g/mol. The summed E-state index contributed by atoms with van der Waals surface area (Å²) < 4.78 is 13.6. The highest BCUT2D eigenvalue weighted by Gasteiger charge is 2.22. The molecule has 0 spiro atoms. The van der Waals surface area contributed by atoms with Crippen molar-refractivity contribution in [3.63, 3.8) is 0 Å². The fourth-order valence-electron chi connectivity index (χ4n) is 2.80. The van der Waals surface area contributed by atoms with Crippen LogP contribution in [0, 0.1) is 5.82 Å². The lowest BCUT2D eigenvalue weighted by molar-refractivity contribution is 0.267. The minimum absolute atomic E-state index is 0. The van der Waals surface area contributed by atoms with Gasteiger partial charge in [0.2, 0.25) is 0 Å². The van der Waals surface area contributed by atoms with E-state index in [1.54, 1.807) is 19.2 Å². The first-order valence-corrected chi connectivity index (χ1v) is 7.66. The van der Waals surface area contributed by atoms with Crippen LogP contribution in [0.2, 0.25) is 0 Å². The Hall–Kier alpha value is -0.890. The Morgan fingerprint density at radius 1 is 1.36 bits per heavy atom. The normalized spacial score (nSPS) is 18.9. The molecule has 0 radical (unpaired) electrons. The summed E-state index contributed by atoms with van der Waals surface area (Å²) in [5, 5.41) is 6.50. The van der Waals surface area contributed by atoms with Crippen LogP contribution in [0.5, 0.6) is 0 Å². The summed E-state index contributed by atoms with van der Waals surface area (Å²) in [5.74, 6) is 0.537. The predicted octanol–water partition coefficient (Wildman–Crippen LogP) is 2.59. The number of hydrogen-bond acceptors (Lipinski definition) is 2. The van der Waals surface area contributed by atoms with Crippen LogP contribution in [0.3, 0.4) is 0 Å². The molecule has 22 heavy (non-hydrogen) atoms. The molecule has 1 fully saturated rings. The fourth-order valence-corrected chi connectivity index (χ4v) is 2.80. The number of halogens is 2. The zero-order valence-corrected chi connectivity index (χ0v) is 15.6. The van der Waals surface area contributed by atoms with Crippen molar-refractivity contribution >= 4 is 29.9 Å². The molecule has 1 aliphatic heterocycles. The lowest BCUT2D eigenvalue weighted by Gasteiger charge is -2.24. The Kier molecular flexibility index (Phi) is 8.70. The second-order valence-corrected chi connectivity index (χ2v) is 5.32. The summed E-state index contributed by atoms with van der Waals surface area (Å²) >= 11 is 0. The van der Waals surface area contributed by atoms with Gasteiger partial charge in [-0.15, -0.1) is 24.0 Å². The van der Waals surface area contributed by atoms with Gasteiger partial charge in [0.15, 0.2) is 5.96 Å². The van der Waals surface area contributed by atoms with Gasteiger partial charge in [-0.25, -0.2) is 4.39 Å². The molecule has 0 aliphatic carbocycles. The van der Waals surface area contributed by atoms with Gasteiger partial charge in [0.1, 0.15) is 5.82 Å². The van der Waals surface area contributed by atoms with Crippen molar-refractivity contribution < 1.29 is 4.39 Å². The maximum Gasteiger partial charge on any atom is 0.191 e. The molecule has 0 saturated carbocycles. The lowest BCUT2D eigenvalue weighted by atomic mass is 10.2. The number of likely N-dealkylation sites (N-methyl/N-ethyl adjacent to an activating group) is 1. The molecule has 124 valence electrons. The maximum atomic E-state index is 13.6. The highest BCUT2D eigenvalue weighted by Crippen LogP contribution is 2.15. The van der Waals surface area contributed by atoms with Crippen LogP contribution in [0.4, 0.5) is 4.39 Å². The van der Waals surface area contributed by atoms with Crippen LogP contribution in [-0.4, -0.2) is 43.6 Å². The molecule has 4 nitrogen and oxygen atoms in total. The lowest BCUT2D eigenvalue weighted by Crippen LogP contribution is -2.44. The molecule has 1 aliphatic rings. The van der Waals surface area contributed by atoms with E-state index in [4.69, 9.17) is 0 Å². The average molecular weight is 420 g/mol. The molecule has 0 amide bonds. The Balaban J connectivity index is 0.00000242. The average Bonchev–Trinajstić information content (AvgIpc) is 2.96. The van der Waals surface area contributed by atoms with E-state index < -0.39 is 0 Å². The number of likely N-dealkylation sites (tertiary alicyclic amines) is 1. The molecule has 1 atom stereocenters. The molecule has 1 unspecified atom stereocenters. The highest BCUT2D eigenvalue weighted by molar-refractivity contribution is 14.0. The Labute approximate surface area is 149 Å². The molecular formula is C16H26FIN4. The molecule has 1 aromatic rings. The number of guanidine groups is 1. The number of rotatable bonds is 5. The van der Waals surface area contributed by atoms with E-state index in [2.05, 4.69) is 27.4 Å². The molecule has 6 heteroatoms. The van der Waals surface area contributed by atoms with Crippen molar-refractivity contribution in [2.45, 2.75) is 32.4 Å². The summed E-state index contributed by atoms with van der Waals surface area (Å²) in [7, 11) is 1.74. The summed E-state index contributed by atoms with van der Waals surface area (Å²) in [4.78, 5) is 6.68. The minimum atomic E-state index is -0.187. The van der Waals surface area contributed by atoms with E-state index in [-0.39, 0.29) is 29.8 Å². The molecule has 1 saturated heterocycles. The van der Waals surface area contributed by atoms with Gasteiger partial charge in [-0.2, -0.15) is 0 Å². The Bertz CT molecular complexity index is 481. The van der Waals surface area contributed by atoms with Crippen LogP contribution in [0.1, 0.15) is 25.3 Å². The van der Waals surface area contributed by atoms with Crippen molar-refractivity contribution in [1.29, 1.82) is 0 Å². The second-order valence-electron chi connectivity index (χ2n) is 5.32. The molecule has 2 N–H and O–H groups in total. The second kappa shape index (κ2) is 9.99. The molecular weight excluding hydrogens is 394 g/mol. The quantitative estimate of drug-likeness (QED) is 0.437. The van der Waals surface area contributed by atoms with E-state index in [0.717, 1.165) is 19.0 Å². The van der Waals surface area contributed by atoms with Crippen LogP contribution in [0.15, 0.2) is 29.3 Å². The van der Waals surface area contributed by atoms with Crippen molar-refractivity contribution in [1.82, 2.24) is 15.5 Å². The summed E-state index contributed by atoms with van der Waals surface area (Å²) in [6.07, 6.45) is 2.49. The SMILES string of the molecule is CCN1CCCC1CNC(=NC)NCc1ccccc1F.I. The summed E-state index contributed by atoms with van der Waals surface area (Å²) in [6.45, 7) is 5.79. The van der Waals surface area contributed by atoms with Gasteiger partial charge in [-0.05, 0) is 32.0 Å². The fraction of sp³-hybridized carbons (Fsp3) is 0.562. The number of benzene rings is 1. The number of aliphatic imine (C=N–C) groups is 1. The summed E-state index contributed by atoms with van der Waals surface area (Å²) in [6, 6.07) is 7.37. The summed E-state index contributed by atoms with van der Waals surface area (Å²) in [5.41, 5.74) is 0.650. The van der Waals surface area contributed by atoms with Gasteiger partial charge >= 0.3 is 0 Å². The van der Waals surface area contributed by atoms with Crippen LogP contribution < -0.4 is 10.6 Å². The number of nitrogens with zero attached hydrogens (tertiary/aromatic N) is 2. The van der Waals surface area contributed by atoms with Gasteiger partial charge in [0.25, 0.3) is 0 Å². The third-order valence-electron chi connectivity index (χ3n) is 4.04. The third-order valence-corrected chi connectivity index (χ3v) is 4.04. The van der Waals surface area contributed by atoms with Crippen LogP contribution >= 0.6 is 24.0 Å². The van der Waals surface area contributed by atoms with E-state index >= 15 is 0 Å². The Morgan fingerprint density at radius 3 is 2.82 bits per heavy atom. The molecule has 0 aromatic heterocycles. The first kappa shape index (κ1) is 19.2. The molecule has 1 aromatic carbocycles. The van der Waals surface area contributed by atoms with Crippen molar-refractivity contribution in [3.8, 4) is 0 Å². The van der Waals surface area contributed by atoms with E-state index in [1.165, 1.54) is 25.5 Å². The van der Waals surface area contributed by atoms with Crippen LogP contribution in [0.25, 0.3) is 0 Å². The topological polar surface area (TPSA) is 39.7 Å². The van der Waals surface area contributed by atoms with Crippen LogP contribution in [-0.2, 0) is 6.54 Å². The number of nitrogens with one attached hydrogen (secondary N) is 2. The van der Waals surface area contributed by atoms with Gasteiger partial charge in [0.05, 0.1) is 0 Å². The maximum absolute atomic E-state index is 13.6. The first-order chi connectivity index (χ1) is 10.2. The predicted molar refractivity (Wildman–Crippen MR) is 100 cm³/mol. The van der Waals surface area contributed by atoms with Gasteiger partial charge in [-0.1, -0.05) is 25.1 Å². The highest BCUT2D eigenvalue weighted by atomic mass is 127. The largest absolute Gasteiger partial charge is 0.355 e. The molecule has 2 rings (SSSR count). The smallest absolute Gasteiger partial charge is 0.191 e. The van der Waals surface area contributed by atoms with E-state index in [0.29, 0.717) is 18.2 Å². The van der Waals surface area contributed by atoms with E-state index in [9.17, 15) is 4.39 Å². The standard InChI is InChI=1S/C16H25FN4.HI/c1-3-21-10-6-8-14(21)12-20-16(18-2)19-11-13-7-4-5-9-15(13)17;/h4-5,7,9,14H,3,6,8,10-12H2,1-2H3,(H2,18,19,20);1H. The third kappa shape index (κ3) is 5.39. The van der Waals surface area contributed by atoms with Gasteiger partial charge in [0, 0.05) is 31.7 Å². The number of hydrogen-bond donors (Lipinski definition) is 2. The van der Waals surface area contributed by atoms with Crippen molar-refractivity contribution in [3.05, 3.63) is 35.6 Å². The van der Waals surface area contributed by atoms with Crippen molar-refractivity contribution in [2.24, 2.45) is 4.99 Å². The zero-order chi connectivity index (χ0) is 15.1. The zero-order valence-electron chi connectivity index (χ0n) is 13.3. The minimum Gasteiger partial charge on any atom is -0.355 e. The van der Waals surface area contributed by atoms with Crippen molar-refractivity contribution in [2.75, 3.05) is 26.7 Å². The van der Waals surface area contributed by atoms with E-state index in [1.807, 2.05) is 6.07 Å². The first-order valence-electron chi connectivity index (χ1n) is 7.66.